The van der Waals surface area contributed by atoms with E-state index in [4.69, 9.17) is 5.73 Å². The largest absolute Gasteiger partial charge is 0.330 e. The van der Waals surface area contributed by atoms with Gasteiger partial charge in [0.05, 0.1) is 11.5 Å². The summed E-state index contributed by atoms with van der Waals surface area (Å²) >= 11 is 0. The van der Waals surface area contributed by atoms with Crippen LogP contribution in [0, 0.1) is 0 Å². The van der Waals surface area contributed by atoms with Crippen LogP contribution in [0.15, 0.2) is 0 Å². The second kappa shape index (κ2) is 4.38. The number of nitrogens with two attached hydrogens (primary N) is 1. The quantitative estimate of drug-likeness (QED) is 0.780. The third-order valence-electron chi connectivity index (χ3n) is 3.38. The van der Waals surface area contributed by atoms with Crippen molar-refractivity contribution in [2.75, 3.05) is 18.1 Å². The van der Waals surface area contributed by atoms with Crippen LogP contribution in [0.1, 0.15) is 31.4 Å². The summed E-state index contributed by atoms with van der Waals surface area (Å²) in [6, 6.07) is 0. The summed E-state index contributed by atoms with van der Waals surface area (Å²) in [5.41, 5.74) is 5.22. The van der Waals surface area contributed by atoms with Crippen molar-refractivity contribution in [1.82, 2.24) is 15.2 Å². The van der Waals surface area contributed by atoms with Gasteiger partial charge in [-0.25, -0.2) is 13.4 Å². The molecule has 1 aliphatic rings. The molecule has 0 radical (unpaired) electrons. The van der Waals surface area contributed by atoms with E-state index in [1.807, 2.05) is 6.92 Å². The SMILES string of the molecule is CC1(c2n[nH]c(CCN)n2)CCS(=O)(=O)CC1. The molecule has 0 spiro atoms. The van der Waals surface area contributed by atoms with Crippen LogP contribution in [-0.2, 0) is 21.7 Å². The Bertz CT molecular complexity index is 480. The molecule has 1 aliphatic heterocycles. The average molecular weight is 258 g/mol. The second-order valence-electron chi connectivity index (χ2n) is 4.86. The Hall–Kier alpha value is -0.950. The van der Waals surface area contributed by atoms with Crippen molar-refractivity contribution in [1.29, 1.82) is 0 Å². The van der Waals surface area contributed by atoms with Crippen molar-refractivity contribution >= 4 is 9.84 Å². The molecule has 17 heavy (non-hydrogen) atoms. The molecule has 7 heteroatoms. The predicted octanol–water partition coefficient (Wildman–Crippen LogP) is -0.228. The highest BCUT2D eigenvalue weighted by Crippen LogP contribution is 2.33. The molecule has 6 nitrogen and oxygen atoms in total. The third-order valence-corrected chi connectivity index (χ3v) is 5.03. The minimum absolute atomic E-state index is 0.226. The topological polar surface area (TPSA) is 102 Å². The zero-order chi connectivity index (χ0) is 12.5. The Balaban J connectivity index is 2.15. The van der Waals surface area contributed by atoms with Gasteiger partial charge in [0.2, 0.25) is 0 Å². The Morgan fingerprint density at radius 2 is 2.06 bits per heavy atom. The van der Waals surface area contributed by atoms with Gasteiger partial charge in [-0.15, -0.1) is 0 Å². The van der Waals surface area contributed by atoms with Gasteiger partial charge < -0.3 is 5.73 Å². The summed E-state index contributed by atoms with van der Waals surface area (Å²) in [6.45, 7) is 2.55. The molecule has 1 saturated heterocycles. The van der Waals surface area contributed by atoms with E-state index in [-0.39, 0.29) is 16.9 Å². The first-order chi connectivity index (χ1) is 7.95. The Morgan fingerprint density at radius 3 is 2.65 bits per heavy atom. The van der Waals surface area contributed by atoms with Crippen LogP contribution in [0.5, 0.6) is 0 Å². The first kappa shape index (κ1) is 12.5. The van der Waals surface area contributed by atoms with Gasteiger partial charge >= 0.3 is 0 Å². The van der Waals surface area contributed by atoms with Crippen LogP contribution in [0.25, 0.3) is 0 Å². The second-order valence-corrected chi connectivity index (χ2v) is 7.16. The van der Waals surface area contributed by atoms with E-state index in [0.717, 1.165) is 11.6 Å². The van der Waals surface area contributed by atoms with E-state index in [2.05, 4.69) is 15.2 Å². The molecule has 1 aromatic heterocycles. The van der Waals surface area contributed by atoms with Crippen LogP contribution >= 0.6 is 0 Å². The minimum Gasteiger partial charge on any atom is -0.330 e. The molecular formula is C10H18N4O2S. The lowest BCUT2D eigenvalue weighted by atomic mass is 9.83. The van der Waals surface area contributed by atoms with Crippen LogP contribution in [0.3, 0.4) is 0 Å². The van der Waals surface area contributed by atoms with Gasteiger partial charge in [-0.05, 0) is 19.4 Å². The number of rotatable bonds is 3. The monoisotopic (exact) mass is 258 g/mol. The van der Waals surface area contributed by atoms with Crippen molar-refractivity contribution in [2.45, 2.75) is 31.6 Å². The fourth-order valence-electron chi connectivity index (χ4n) is 2.03. The minimum atomic E-state index is -2.85. The fraction of sp³-hybridized carbons (Fsp3) is 0.800. The number of aromatic amines is 1. The molecule has 0 bridgehead atoms. The standard InChI is InChI=1S/C10H18N4O2S/c1-10(3-6-17(15,16)7-4-10)9-12-8(2-5-11)13-14-9/h2-7,11H2,1H3,(H,12,13,14). The lowest BCUT2D eigenvalue weighted by Gasteiger charge is -2.30. The van der Waals surface area contributed by atoms with E-state index in [9.17, 15) is 8.42 Å². The average Bonchev–Trinajstić information content (AvgIpc) is 2.73. The van der Waals surface area contributed by atoms with Gasteiger partial charge in [0.1, 0.15) is 15.7 Å². The lowest BCUT2D eigenvalue weighted by molar-refractivity contribution is 0.396. The summed E-state index contributed by atoms with van der Waals surface area (Å²) in [5.74, 6) is 1.95. The Morgan fingerprint density at radius 1 is 1.41 bits per heavy atom. The van der Waals surface area contributed by atoms with Crippen molar-refractivity contribution in [2.24, 2.45) is 5.73 Å². The summed E-state index contributed by atoms with van der Waals surface area (Å²) in [4.78, 5) is 4.40. The predicted molar refractivity (Wildman–Crippen MR) is 64.4 cm³/mol. The number of aromatic nitrogens is 3. The maximum Gasteiger partial charge on any atom is 0.156 e. The molecule has 1 fully saturated rings. The molecule has 3 N–H and O–H groups in total. The van der Waals surface area contributed by atoms with E-state index in [0.29, 0.717) is 25.8 Å². The summed E-state index contributed by atoms with van der Waals surface area (Å²) in [5, 5.41) is 7.05. The summed E-state index contributed by atoms with van der Waals surface area (Å²) in [6.07, 6.45) is 1.85. The number of hydrogen-bond acceptors (Lipinski definition) is 5. The molecule has 0 unspecified atom stereocenters. The van der Waals surface area contributed by atoms with Crippen molar-refractivity contribution < 1.29 is 8.42 Å². The molecule has 2 rings (SSSR count). The van der Waals surface area contributed by atoms with Gasteiger partial charge in [-0.2, -0.15) is 5.10 Å². The molecule has 0 atom stereocenters. The highest BCUT2D eigenvalue weighted by Gasteiger charge is 2.37. The zero-order valence-corrected chi connectivity index (χ0v) is 10.8. The van der Waals surface area contributed by atoms with Gasteiger partial charge in [0.15, 0.2) is 5.82 Å². The lowest BCUT2D eigenvalue weighted by Crippen LogP contribution is -2.35. The number of sulfone groups is 1. The van der Waals surface area contributed by atoms with Crippen molar-refractivity contribution in [3.05, 3.63) is 11.6 Å². The maximum absolute atomic E-state index is 11.4. The maximum atomic E-state index is 11.4. The highest BCUT2D eigenvalue weighted by molar-refractivity contribution is 7.91. The molecular weight excluding hydrogens is 240 g/mol. The first-order valence-corrected chi connectivity index (χ1v) is 7.60. The Labute approximate surface area is 101 Å². The van der Waals surface area contributed by atoms with Gasteiger partial charge in [0, 0.05) is 11.8 Å². The van der Waals surface area contributed by atoms with Gasteiger partial charge in [-0.3, -0.25) is 5.10 Å². The van der Waals surface area contributed by atoms with E-state index >= 15 is 0 Å². The molecule has 0 saturated carbocycles. The van der Waals surface area contributed by atoms with Crippen molar-refractivity contribution in [3.8, 4) is 0 Å². The normalized spacial score (nSPS) is 22.5. The van der Waals surface area contributed by atoms with E-state index < -0.39 is 9.84 Å². The van der Waals surface area contributed by atoms with Crippen LogP contribution in [0.4, 0.5) is 0 Å². The van der Waals surface area contributed by atoms with Crippen LogP contribution in [-0.4, -0.2) is 41.6 Å². The summed E-state index contributed by atoms with van der Waals surface area (Å²) in [7, 11) is -2.85. The molecule has 96 valence electrons. The van der Waals surface area contributed by atoms with Crippen molar-refractivity contribution in [3.63, 3.8) is 0 Å². The summed E-state index contributed by atoms with van der Waals surface area (Å²) < 4.78 is 22.8. The molecule has 0 amide bonds. The van der Waals surface area contributed by atoms with Crippen LogP contribution in [0.2, 0.25) is 0 Å². The number of hydrogen-bond donors (Lipinski definition) is 2. The number of H-pyrrole nitrogens is 1. The van der Waals surface area contributed by atoms with Crippen LogP contribution < -0.4 is 5.73 Å². The number of nitrogens with one attached hydrogen (secondary N) is 1. The first-order valence-electron chi connectivity index (χ1n) is 5.77. The molecule has 0 aliphatic carbocycles. The fourth-order valence-corrected chi connectivity index (χ4v) is 3.75. The smallest absolute Gasteiger partial charge is 0.156 e. The number of nitrogens with zero attached hydrogens (tertiary/aromatic N) is 2. The van der Waals surface area contributed by atoms with E-state index in [1.165, 1.54) is 0 Å². The third kappa shape index (κ3) is 2.66. The van der Waals surface area contributed by atoms with E-state index in [1.54, 1.807) is 0 Å². The van der Waals surface area contributed by atoms with Gasteiger partial charge in [0.25, 0.3) is 0 Å². The highest BCUT2D eigenvalue weighted by atomic mass is 32.2. The zero-order valence-electron chi connectivity index (χ0n) is 9.94. The van der Waals surface area contributed by atoms with Gasteiger partial charge in [-0.1, -0.05) is 6.92 Å². The Kier molecular flexibility index (Phi) is 3.22. The molecule has 0 aromatic carbocycles. The molecule has 2 heterocycles. The molecule has 1 aromatic rings.